The third-order valence-electron chi connectivity index (χ3n) is 2.25. The largest absolute Gasteiger partial charge is 0.333 e. The molecule has 0 saturated carbocycles. The Bertz CT molecular complexity index is 601. The number of nitrogens with zero attached hydrogens (tertiary/aromatic N) is 3. The second-order valence-electron chi connectivity index (χ2n) is 5.07. The van der Waals surface area contributed by atoms with Crippen molar-refractivity contribution in [3.05, 3.63) is 34.4 Å². The van der Waals surface area contributed by atoms with Crippen molar-refractivity contribution in [2.75, 3.05) is 5.32 Å². The van der Waals surface area contributed by atoms with Crippen molar-refractivity contribution >= 4 is 11.7 Å². The molecule has 0 atom stereocenters. The fraction of sp³-hybridized carbons (Fsp3) is 0.333. The van der Waals surface area contributed by atoms with Gasteiger partial charge in [-0.2, -0.15) is 4.98 Å². The molecule has 2 rings (SSSR count). The molecule has 0 bridgehead atoms. The van der Waals surface area contributed by atoms with E-state index in [2.05, 4.69) is 15.5 Å². The van der Waals surface area contributed by atoms with Crippen molar-refractivity contribution in [3.8, 4) is 11.4 Å². The highest BCUT2D eigenvalue weighted by Gasteiger charge is 2.20. The van der Waals surface area contributed by atoms with Gasteiger partial charge < -0.3 is 9.84 Å². The molecule has 2 aromatic rings. The second-order valence-corrected chi connectivity index (χ2v) is 5.07. The van der Waals surface area contributed by atoms with Crippen LogP contribution >= 0.6 is 0 Å². The van der Waals surface area contributed by atoms with E-state index in [4.69, 9.17) is 4.52 Å². The molecular weight excluding hydrogens is 248 g/mol. The summed E-state index contributed by atoms with van der Waals surface area (Å²) in [5.74, 6) is 0.194. The predicted molar refractivity (Wildman–Crippen MR) is 69.8 cm³/mol. The van der Waals surface area contributed by atoms with Gasteiger partial charge in [-0.25, -0.2) is 0 Å². The van der Waals surface area contributed by atoms with Crippen molar-refractivity contribution in [1.82, 2.24) is 10.1 Å². The monoisotopic (exact) mass is 262 g/mol. The average Bonchev–Trinajstić information content (AvgIpc) is 2.75. The Morgan fingerprint density at radius 2 is 2.00 bits per heavy atom. The van der Waals surface area contributed by atoms with Crippen LogP contribution in [0, 0.1) is 10.1 Å². The van der Waals surface area contributed by atoms with Gasteiger partial charge in [0.15, 0.2) is 0 Å². The number of hydrogen-bond donors (Lipinski definition) is 1. The highest BCUT2D eigenvalue weighted by molar-refractivity contribution is 5.67. The Labute approximate surface area is 109 Å². The number of nitro groups is 1. The first-order chi connectivity index (χ1) is 8.87. The van der Waals surface area contributed by atoms with Crippen molar-refractivity contribution in [2.45, 2.75) is 26.3 Å². The summed E-state index contributed by atoms with van der Waals surface area (Å²) >= 11 is 0. The highest BCUT2D eigenvalue weighted by atomic mass is 16.6. The molecule has 0 aliphatic heterocycles. The number of nitro benzene ring substituents is 1. The standard InChI is InChI=1S/C12H14N4O3/c1-12(2,3)14-11-13-10(15-19-11)8-6-4-5-7-9(8)16(17)18/h4-7H,1-3H3,(H,13,14,15). The molecule has 0 unspecified atom stereocenters. The Kier molecular flexibility index (Phi) is 3.20. The van der Waals surface area contributed by atoms with Gasteiger partial charge in [0.1, 0.15) is 5.56 Å². The van der Waals surface area contributed by atoms with Crippen LogP contribution in [0.2, 0.25) is 0 Å². The van der Waals surface area contributed by atoms with E-state index in [-0.39, 0.29) is 23.1 Å². The molecule has 1 aromatic heterocycles. The molecule has 0 amide bonds. The molecule has 0 radical (unpaired) electrons. The summed E-state index contributed by atoms with van der Waals surface area (Å²) in [6.07, 6.45) is 0. The zero-order chi connectivity index (χ0) is 14.0. The zero-order valence-electron chi connectivity index (χ0n) is 10.9. The fourth-order valence-corrected chi connectivity index (χ4v) is 1.53. The van der Waals surface area contributed by atoms with Crippen LogP contribution in [0.1, 0.15) is 20.8 Å². The van der Waals surface area contributed by atoms with E-state index in [9.17, 15) is 10.1 Å². The van der Waals surface area contributed by atoms with Crippen LogP contribution < -0.4 is 5.32 Å². The van der Waals surface area contributed by atoms with Crippen LogP contribution in [0.25, 0.3) is 11.4 Å². The minimum atomic E-state index is -0.470. The second kappa shape index (κ2) is 4.68. The van der Waals surface area contributed by atoms with Gasteiger partial charge in [0.2, 0.25) is 5.82 Å². The average molecular weight is 262 g/mol. The first kappa shape index (κ1) is 13.0. The Balaban J connectivity index is 2.36. The van der Waals surface area contributed by atoms with Crippen LogP contribution in [0.3, 0.4) is 0 Å². The molecule has 1 N–H and O–H groups in total. The summed E-state index contributed by atoms with van der Waals surface area (Å²) in [4.78, 5) is 14.6. The quantitative estimate of drug-likeness (QED) is 0.675. The minimum absolute atomic E-state index is 0.0504. The van der Waals surface area contributed by atoms with Crippen molar-refractivity contribution in [3.63, 3.8) is 0 Å². The van der Waals surface area contributed by atoms with Crippen LogP contribution in [-0.2, 0) is 0 Å². The van der Waals surface area contributed by atoms with E-state index in [1.165, 1.54) is 6.07 Å². The molecular formula is C12H14N4O3. The Morgan fingerprint density at radius 3 is 2.63 bits per heavy atom. The summed E-state index contributed by atoms with van der Waals surface area (Å²) in [6, 6.07) is 6.51. The molecule has 1 aromatic carbocycles. The number of rotatable bonds is 3. The van der Waals surface area contributed by atoms with Crippen LogP contribution in [-0.4, -0.2) is 20.6 Å². The molecule has 1 heterocycles. The minimum Gasteiger partial charge on any atom is -0.333 e. The molecule has 0 spiro atoms. The van der Waals surface area contributed by atoms with Crippen LogP contribution in [0.4, 0.5) is 11.7 Å². The molecule has 7 nitrogen and oxygen atoms in total. The van der Waals surface area contributed by atoms with E-state index >= 15 is 0 Å². The maximum absolute atomic E-state index is 10.9. The van der Waals surface area contributed by atoms with Gasteiger partial charge in [0, 0.05) is 11.6 Å². The number of anilines is 1. The highest BCUT2D eigenvalue weighted by Crippen LogP contribution is 2.28. The first-order valence-corrected chi connectivity index (χ1v) is 5.72. The molecule has 100 valence electrons. The number of para-hydroxylation sites is 1. The predicted octanol–water partition coefficient (Wildman–Crippen LogP) is 2.86. The summed E-state index contributed by atoms with van der Waals surface area (Å²) in [5, 5.41) is 17.7. The number of benzene rings is 1. The molecule has 7 heteroatoms. The third kappa shape index (κ3) is 3.06. The van der Waals surface area contributed by atoms with Gasteiger partial charge >= 0.3 is 6.01 Å². The van der Waals surface area contributed by atoms with Crippen LogP contribution in [0.15, 0.2) is 28.8 Å². The topological polar surface area (TPSA) is 94.1 Å². The number of aromatic nitrogens is 2. The van der Waals surface area contributed by atoms with Crippen molar-refractivity contribution in [2.24, 2.45) is 0 Å². The molecule has 0 saturated heterocycles. The van der Waals surface area contributed by atoms with E-state index in [1.54, 1.807) is 18.2 Å². The zero-order valence-corrected chi connectivity index (χ0v) is 10.9. The summed E-state index contributed by atoms with van der Waals surface area (Å²) in [5.41, 5.74) is 0.0516. The lowest BCUT2D eigenvalue weighted by Crippen LogP contribution is -2.26. The van der Waals surface area contributed by atoms with Gasteiger partial charge in [-0.15, -0.1) is 0 Å². The molecule has 19 heavy (non-hydrogen) atoms. The fourth-order valence-electron chi connectivity index (χ4n) is 1.53. The molecule has 0 fully saturated rings. The van der Waals surface area contributed by atoms with Crippen molar-refractivity contribution < 1.29 is 9.45 Å². The normalized spacial score (nSPS) is 11.3. The van der Waals surface area contributed by atoms with E-state index in [1.807, 2.05) is 20.8 Å². The van der Waals surface area contributed by atoms with E-state index < -0.39 is 4.92 Å². The smallest absolute Gasteiger partial charge is 0.322 e. The summed E-state index contributed by atoms with van der Waals surface area (Å²) in [7, 11) is 0. The lowest BCUT2D eigenvalue weighted by Gasteiger charge is -2.17. The van der Waals surface area contributed by atoms with Gasteiger partial charge in [-0.3, -0.25) is 10.1 Å². The van der Waals surface area contributed by atoms with Gasteiger partial charge in [0.25, 0.3) is 5.69 Å². The number of hydrogen-bond acceptors (Lipinski definition) is 6. The third-order valence-corrected chi connectivity index (χ3v) is 2.25. The first-order valence-electron chi connectivity index (χ1n) is 5.72. The summed E-state index contributed by atoms with van der Waals surface area (Å²) in [6.45, 7) is 5.84. The number of nitrogens with one attached hydrogen (secondary N) is 1. The van der Waals surface area contributed by atoms with Gasteiger partial charge in [-0.05, 0) is 26.8 Å². The van der Waals surface area contributed by atoms with Crippen molar-refractivity contribution in [1.29, 1.82) is 0 Å². The SMILES string of the molecule is CC(C)(C)Nc1nc(-c2ccccc2[N+](=O)[O-])no1. The Morgan fingerprint density at radius 1 is 1.32 bits per heavy atom. The van der Waals surface area contributed by atoms with Gasteiger partial charge in [0.05, 0.1) is 4.92 Å². The maximum atomic E-state index is 10.9. The summed E-state index contributed by atoms with van der Waals surface area (Å²) < 4.78 is 5.04. The molecule has 0 aliphatic rings. The van der Waals surface area contributed by atoms with Crippen LogP contribution in [0.5, 0.6) is 0 Å². The van der Waals surface area contributed by atoms with E-state index in [0.717, 1.165) is 0 Å². The van der Waals surface area contributed by atoms with Gasteiger partial charge in [-0.1, -0.05) is 17.3 Å². The molecule has 0 aliphatic carbocycles. The van der Waals surface area contributed by atoms with E-state index in [0.29, 0.717) is 5.56 Å². The lowest BCUT2D eigenvalue weighted by atomic mass is 10.1. The maximum Gasteiger partial charge on any atom is 0.322 e. The lowest BCUT2D eigenvalue weighted by molar-refractivity contribution is -0.384. The Hall–Kier alpha value is -2.44.